The number of benzene rings is 1. The van der Waals surface area contributed by atoms with E-state index in [0.29, 0.717) is 0 Å². The summed E-state index contributed by atoms with van der Waals surface area (Å²) in [4.78, 5) is 0. The predicted molar refractivity (Wildman–Crippen MR) is 80.4 cm³/mol. The van der Waals surface area contributed by atoms with Gasteiger partial charge in [0, 0.05) is 12.1 Å². The molecule has 2 nitrogen and oxygen atoms in total. The first-order chi connectivity index (χ1) is 8.96. The smallest absolute Gasteiger partial charge is 0.0952 e. The van der Waals surface area contributed by atoms with Crippen molar-refractivity contribution in [1.29, 1.82) is 0 Å². The summed E-state index contributed by atoms with van der Waals surface area (Å²) in [6.45, 7) is 10.5. The van der Waals surface area contributed by atoms with Gasteiger partial charge in [0.1, 0.15) is 0 Å². The minimum atomic E-state index is 0.129. The monoisotopic (exact) mass is 261 g/mol. The molecular formula is C17H27NO. The fourth-order valence-electron chi connectivity index (χ4n) is 2.14. The SMILES string of the molecule is Cc1ccccc1C(CNC(C)(C)C)OCC1CC1. The molecule has 19 heavy (non-hydrogen) atoms. The standard InChI is InChI=1S/C17H27NO/c1-13-7-5-6-8-15(13)16(11-18-17(2,3)4)19-12-14-9-10-14/h5-8,14,16,18H,9-12H2,1-4H3. The Labute approximate surface area is 117 Å². The van der Waals surface area contributed by atoms with Gasteiger partial charge in [0.25, 0.3) is 0 Å². The summed E-state index contributed by atoms with van der Waals surface area (Å²) >= 11 is 0. The van der Waals surface area contributed by atoms with E-state index in [1.165, 1.54) is 24.0 Å². The van der Waals surface area contributed by atoms with Crippen LogP contribution >= 0.6 is 0 Å². The molecule has 0 amide bonds. The molecule has 1 N–H and O–H groups in total. The van der Waals surface area contributed by atoms with E-state index in [-0.39, 0.29) is 11.6 Å². The largest absolute Gasteiger partial charge is 0.372 e. The van der Waals surface area contributed by atoms with Gasteiger partial charge >= 0.3 is 0 Å². The zero-order valence-corrected chi connectivity index (χ0v) is 12.7. The van der Waals surface area contributed by atoms with E-state index >= 15 is 0 Å². The highest BCUT2D eigenvalue weighted by Gasteiger charge is 2.25. The fourth-order valence-corrected chi connectivity index (χ4v) is 2.14. The van der Waals surface area contributed by atoms with Crippen LogP contribution in [0.2, 0.25) is 0 Å². The van der Waals surface area contributed by atoms with Crippen LogP contribution in [0.25, 0.3) is 0 Å². The van der Waals surface area contributed by atoms with Crippen molar-refractivity contribution in [3.8, 4) is 0 Å². The topological polar surface area (TPSA) is 21.3 Å². The van der Waals surface area contributed by atoms with Crippen LogP contribution < -0.4 is 5.32 Å². The van der Waals surface area contributed by atoms with E-state index in [1.807, 2.05) is 0 Å². The molecule has 1 aliphatic rings. The van der Waals surface area contributed by atoms with Gasteiger partial charge in [0.05, 0.1) is 12.7 Å². The maximum atomic E-state index is 6.17. The Balaban J connectivity index is 2.01. The van der Waals surface area contributed by atoms with Crippen molar-refractivity contribution in [1.82, 2.24) is 5.32 Å². The van der Waals surface area contributed by atoms with Gasteiger partial charge in [-0.2, -0.15) is 0 Å². The minimum absolute atomic E-state index is 0.129. The van der Waals surface area contributed by atoms with Crippen molar-refractivity contribution in [2.75, 3.05) is 13.2 Å². The molecule has 2 rings (SSSR count). The second kappa shape index (κ2) is 6.06. The molecule has 0 bridgehead atoms. The first-order valence-electron chi connectivity index (χ1n) is 7.38. The maximum Gasteiger partial charge on any atom is 0.0952 e. The molecule has 0 aliphatic heterocycles. The molecule has 0 saturated heterocycles. The van der Waals surface area contributed by atoms with Crippen molar-refractivity contribution >= 4 is 0 Å². The molecule has 1 fully saturated rings. The highest BCUT2D eigenvalue weighted by Crippen LogP contribution is 2.31. The Hall–Kier alpha value is -0.860. The average molecular weight is 261 g/mol. The van der Waals surface area contributed by atoms with Crippen LogP contribution in [0.5, 0.6) is 0 Å². The highest BCUT2D eigenvalue weighted by atomic mass is 16.5. The van der Waals surface area contributed by atoms with Crippen molar-refractivity contribution in [3.63, 3.8) is 0 Å². The third-order valence-corrected chi connectivity index (χ3v) is 3.58. The van der Waals surface area contributed by atoms with Crippen LogP contribution in [0.1, 0.15) is 50.8 Å². The normalized spacial score (nSPS) is 17.5. The quantitative estimate of drug-likeness (QED) is 0.840. The molecule has 1 aromatic rings. The molecule has 0 spiro atoms. The van der Waals surface area contributed by atoms with Gasteiger partial charge in [0.2, 0.25) is 0 Å². The molecule has 106 valence electrons. The van der Waals surface area contributed by atoms with Gasteiger partial charge in [-0.3, -0.25) is 0 Å². The van der Waals surface area contributed by atoms with Crippen LogP contribution in [0, 0.1) is 12.8 Å². The highest BCUT2D eigenvalue weighted by molar-refractivity contribution is 5.28. The number of nitrogens with one attached hydrogen (secondary N) is 1. The summed E-state index contributed by atoms with van der Waals surface area (Å²) in [6.07, 6.45) is 2.85. The minimum Gasteiger partial charge on any atom is -0.372 e. The molecule has 0 heterocycles. The van der Waals surface area contributed by atoms with E-state index in [9.17, 15) is 0 Å². The molecule has 1 atom stereocenters. The molecule has 1 unspecified atom stereocenters. The van der Waals surface area contributed by atoms with Gasteiger partial charge in [-0.05, 0) is 57.6 Å². The second-order valence-electron chi connectivity index (χ2n) is 6.75. The molecular weight excluding hydrogens is 234 g/mol. The van der Waals surface area contributed by atoms with Crippen LogP contribution in [0.4, 0.5) is 0 Å². The Morgan fingerprint density at radius 3 is 2.53 bits per heavy atom. The van der Waals surface area contributed by atoms with Crippen LogP contribution in [-0.4, -0.2) is 18.7 Å². The lowest BCUT2D eigenvalue weighted by atomic mass is 10.0. The van der Waals surface area contributed by atoms with Crippen molar-refractivity contribution in [2.45, 2.75) is 52.2 Å². The molecule has 1 saturated carbocycles. The summed E-state index contributed by atoms with van der Waals surface area (Å²) in [5.74, 6) is 0.807. The van der Waals surface area contributed by atoms with Crippen LogP contribution in [-0.2, 0) is 4.74 Å². The Morgan fingerprint density at radius 1 is 1.26 bits per heavy atom. The van der Waals surface area contributed by atoms with Crippen molar-refractivity contribution in [3.05, 3.63) is 35.4 Å². The zero-order chi connectivity index (χ0) is 13.9. The van der Waals surface area contributed by atoms with Gasteiger partial charge in [0.15, 0.2) is 0 Å². The molecule has 0 aromatic heterocycles. The Bertz CT molecular complexity index is 404. The predicted octanol–water partition coefficient (Wildman–Crippen LogP) is 3.85. The van der Waals surface area contributed by atoms with Crippen molar-refractivity contribution in [2.24, 2.45) is 5.92 Å². The Morgan fingerprint density at radius 2 is 1.95 bits per heavy atom. The lowest BCUT2D eigenvalue weighted by Crippen LogP contribution is -2.39. The average Bonchev–Trinajstić information content (AvgIpc) is 3.13. The van der Waals surface area contributed by atoms with E-state index < -0.39 is 0 Å². The van der Waals surface area contributed by atoms with Crippen molar-refractivity contribution < 1.29 is 4.74 Å². The first kappa shape index (κ1) is 14.5. The number of hydrogen-bond donors (Lipinski definition) is 1. The molecule has 2 heteroatoms. The summed E-state index contributed by atoms with van der Waals surface area (Å²) < 4.78 is 6.17. The van der Waals surface area contributed by atoms with E-state index in [4.69, 9.17) is 4.74 Å². The Kier molecular flexibility index (Phi) is 4.64. The summed E-state index contributed by atoms with van der Waals surface area (Å²) in [5.41, 5.74) is 2.77. The summed E-state index contributed by atoms with van der Waals surface area (Å²) in [6, 6.07) is 8.55. The zero-order valence-electron chi connectivity index (χ0n) is 12.7. The lowest BCUT2D eigenvalue weighted by Gasteiger charge is -2.26. The summed E-state index contributed by atoms with van der Waals surface area (Å²) in [5, 5.41) is 3.57. The lowest BCUT2D eigenvalue weighted by molar-refractivity contribution is 0.0408. The fraction of sp³-hybridized carbons (Fsp3) is 0.647. The molecule has 0 radical (unpaired) electrons. The third-order valence-electron chi connectivity index (χ3n) is 3.58. The van der Waals surface area contributed by atoms with Gasteiger partial charge in [-0.15, -0.1) is 0 Å². The molecule has 1 aromatic carbocycles. The summed E-state index contributed by atoms with van der Waals surface area (Å²) in [7, 11) is 0. The number of rotatable bonds is 6. The second-order valence-corrected chi connectivity index (χ2v) is 6.75. The van der Waals surface area contributed by atoms with Crippen LogP contribution in [0.3, 0.4) is 0 Å². The van der Waals surface area contributed by atoms with E-state index in [0.717, 1.165) is 19.1 Å². The maximum absolute atomic E-state index is 6.17. The van der Waals surface area contributed by atoms with E-state index in [1.54, 1.807) is 0 Å². The van der Waals surface area contributed by atoms with Crippen LogP contribution in [0.15, 0.2) is 24.3 Å². The van der Waals surface area contributed by atoms with Gasteiger partial charge in [-0.25, -0.2) is 0 Å². The van der Waals surface area contributed by atoms with E-state index in [2.05, 4.69) is 57.3 Å². The number of aryl methyl sites for hydroxylation is 1. The number of ether oxygens (including phenoxy) is 1. The molecule has 1 aliphatic carbocycles. The first-order valence-corrected chi connectivity index (χ1v) is 7.38. The third kappa shape index (κ3) is 4.96. The van der Waals surface area contributed by atoms with Gasteiger partial charge in [-0.1, -0.05) is 24.3 Å². The van der Waals surface area contributed by atoms with Gasteiger partial charge < -0.3 is 10.1 Å². The number of hydrogen-bond acceptors (Lipinski definition) is 2.